The number of aliphatic hydroxyl groups excluding tert-OH is 1. The van der Waals surface area contributed by atoms with E-state index in [1.54, 1.807) is 0 Å². The molecule has 0 saturated carbocycles. The van der Waals surface area contributed by atoms with Gasteiger partial charge >= 0.3 is 0 Å². The second kappa shape index (κ2) is 8.76. The molecule has 2 aromatic rings. The fraction of sp³-hybridized carbons (Fsp3) is 0.474. The molecule has 0 unspecified atom stereocenters. The Bertz CT molecular complexity index is 658. The Morgan fingerprint density at radius 2 is 2.00 bits per heavy atom. The first-order valence-electron chi connectivity index (χ1n) is 8.31. The Kier molecular flexibility index (Phi) is 6.70. The molecule has 5 nitrogen and oxygen atoms in total. The molecule has 1 aliphatic rings. The van der Waals surface area contributed by atoms with Crippen molar-refractivity contribution in [1.29, 1.82) is 0 Å². The average Bonchev–Trinajstić information content (AvgIpc) is 2.98. The van der Waals surface area contributed by atoms with Crippen molar-refractivity contribution in [3.63, 3.8) is 0 Å². The number of carbonyl (C=O) groups excluding carboxylic acids is 1. The summed E-state index contributed by atoms with van der Waals surface area (Å²) in [4.78, 5) is 17.8. The third-order valence-corrected chi connectivity index (χ3v) is 4.36. The summed E-state index contributed by atoms with van der Waals surface area (Å²) < 4.78 is 5.85. The van der Waals surface area contributed by atoms with Crippen molar-refractivity contribution in [2.24, 2.45) is 5.92 Å². The van der Waals surface area contributed by atoms with Gasteiger partial charge in [-0.25, -0.2) is 4.98 Å². The lowest BCUT2D eigenvalue weighted by Crippen LogP contribution is -2.33. The zero-order valence-corrected chi connectivity index (χ0v) is 14.7. The molecule has 3 rings (SSSR count). The second-order valence-corrected chi connectivity index (χ2v) is 6.14. The molecule has 0 atom stereocenters. The molecule has 24 heavy (non-hydrogen) atoms. The number of benzene rings is 1. The van der Waals surface area contributed by atoms with E-state index in [2.05, 4.69) is 28.9 Å². The summed E-state index contributed by atoms with van der Waals surface area (Å²) in [6.45, 7) is 6.74. The summed E-state index contributed by atoms with van der Waals surface area (Å²) in [5, 5.41) is 7.00. The molecule has 1 aliphatic heterocycles. The van der Waals surface area contributed by atoms with Crippen LogP contribution in [0.3, 0.4) is 0 Å². The van der Waals surface area contributed by atoms with Gasteiger partial charge in [-0.3, -0.25) is 4.90 Å². The highest BCUT2D eigenvalue weighted by molar-refractivity contribution is 5.55. The minimum Gasteiger partial charge on any atom is -0.441 e. The van der Waals surface area contributed by atoms with Gasteiger partial charge < -0.3 is 14.3 Å². The van der Waals surface area contributed by atoms with Crippen LogP contribution in [-0.4, -0.2) is 41.5 Å². The highest BCUT2D eigenvalue weighted by atomic mass is 16.4. The van der Waals surface area contributed by atoms with Crippen molar-refractivity contribution in [1.82, 2.24) is 9.88 Å². The first-order chi connectivity index (χ1) is 11.7. The summed E-state index contributed by atoms with van der Waals surface area (Å²) in [7, 11) is 1.00. The summed E-state index contributed by atoms with van der Waals surface area (Å²) in [5.74, 6) is 1.81. The van der Waals surface area contributed by atoms with E-state index >= 15 is 0 Å². The number of nitrogens with zero attached hydrogens (tertiary/aromatic N) is 2. The monoisotopic (exact) mass is 330 g/mol. The van der Waals surface area contributed by atoms with E-state index in [9.17, 15) is 4.79 Å². The number of hydrogen-bond donors (Lipinski definition) is 1. The minimum atomic E-state index is 0.234. The summed E-state index contributed by atoms with van der Waals surface area (Å²) in [5.41, 5.74) is 3.22. The largest absolute Gasteiger partial charge is 0.441 e. The highest BCUT2D eigenvalue weighted by Crippen LogP contribution is 2.24. The van der Waals surface area contributed by atoms with Crippen molar-refractivity contribution in [2.75, 3.05) is 20.2 Å². The number of oxazole rings is 1. The van der Waals surface area contributed by atoms with Crippen LogP contribution in [0.25, 0.3) is 11.5 Å². The molecule has 5 heteroatoms. The first kappa shape index (κ1) is 18.4. The van der Waals surface area contributed by atoms with Crippen LogP contribution in [-0.2, 0) is 11.3 Å². The summed E-state index contributed by atoms with van der Waals surface area (Å²) in [6, 6.07) is 8.20. The van der Waals surface area contributed by atoms with Gasteiger partial charge in [0.2, 0.25) is 5.89 Å². The van der Waals surface area contributed by atoms with Gasteiger partial charge in [0, 0.05) is 25.1 Å². The Labute approximate surface area is 143 Å². The highest BCUT2D eigenvalue weighted by Gasteiger charge is 2.21. The number of piperidine rings is 1. The van der Waals surface area contributed by atoms with E-state index < -0.39 is 0 Å². The predicted octanol–water partition coefficient (Wildman–Crippen LogP) is 2.98. The fourth-order valence-corrected chi connectivity index (χ4v) is 2.94. The number of likely N-dealkylation sites (tertiary alicyclic amines) is 1. The predicted molar refractivity (Wildman–Crippen MR) is 93.6 cm³/mol. The van der Waals surface area contributed by atoms with Gasteiger partial charge in [-0.2, -0.15) is 0 Å². The zero-order chi connectivity index (χ0) is 17.5. The van der Waals surface area contributed by atoms with E-state index in [-0.39, 0.29) is 5.92 Å². The molecule has 1 saturated heterocycles. The van der Waals surface area contributed by atoms with Crippen LogP contribution >= 0.6 is 0 Å². The second-order valence-electron chi connectivity index (χ2n) is 6.14. The van der Waals surface area contributed by atoms with Crippen LogP contribution in [0.15, 0.2) is 28.7 Å². The van der Waals surface area contributed by atoms with Gasteiger partial charge in [0.1, 0.15) is 12.0 Å². The van der Waals surface area contributed by atoms with Gasteiger partial charge in [-0.05, 0) is 51.9 Å². The quantitative estimate of drug-likeness (QED) is 0.873. The fourth-order valence-electron chi connectivity index (χ4n) is 2.94. The number of hydrogen-bond acceptors (Lipinski definition) is 5. The van der Waals surface area contributed by atoms with Crippen molar-refractivity contribution in [3.05, 3.63) is 41.3 Å². The van der Waals surface area contributed by atoms with Crippen LogP contribution < -0.4 is 0 Å². The maximum absolute atomic E-state index is 10.8. The van der Waals surface area contributed by atoms with Crippen LogP contribution in [0.5, 0.6) is 0 Å². The third-order valence-electron chi connectivity index (χ3n) is 4.36. The van der Waals surface area contributed by atoms with Crippen molar-refractivity contribution in [3.8, 4) is 11.5 Å². The SMILES string of the molecule is CO.Cc1cccc(-c2nc(CN3CCC(C=O)CC3)c(C)o2)c1. The number of aliphatic hydroxyl groups is 1. The zero-order valence-electron chi connectivity index (χ0n) is 14.7. The summed E-state index contributed by atoms with van der Waals surface area (Å²) in [6.07, 6.45) is 2.99. The Morgan fingerprint density at radius 1 is 1.29 bits per heavy atom. The molecule has 0 bridgehead atoms. The smallest absolute Gasteiger partial charge is 0.226 e. The van der Waals surface area contributed by atoms with Gasteiger partial charge in [0.25, 0.3) is 0 Å². The molecular weight excluding hydrogens is 304 g/mol. The maximum Gasteiger partial charge on any atom is 0.226 e. The van der Waals surface area contributed by atoms with Gasteiger partial charge in [0.15, 0.2) is 0 Å². The van der Waals surface area contributed by atoms with Gasteiger partial charge in [-0.15, -0.1) is 0 Å². The van der Waals surface area contributed by atoms with Gasteiger partial charge in [0.05, 0.1) is 5.69 Å². The molecule has 2 heterocycles. The van der Waals surface area contributed by atoms with E-state index in [1.807, 2.05) is 19.1 Å². The van der Waals surface area contributed by atoms with Crippen LogP contribution in [0, 0.1) is 19.8 Å². The van der Waals surface area contributed by atoms with Crippen molar-refractivity contribution in [2.45, 2.75) is 33.2 Å². The molecule has 1 aromatic heterocycles. The molecule has 0 aliphatic carbocycles. The van der Waals surface area contributed by atoms with Crippen LogP contribution in [0.2, 0.25) is 0 Å². The van der Waals surface area contributed by atoms with Crippen molar-refractivity contribution >= 4 is 6.29 Å². The minimum absolute atomic E-state index is 0.234. The Balaban J connectivity index is 0.00000100. The normalized spacial score (nSPS) is 15.7. The molecule has 0 amide bonds. The van der Waals surface area contributed by atoms with Crippen molar-refractivity contribution < 1.29 is 14.3 Å². The molecule has 130 valence electrons. The third kappa shape index (κ3) is 4.52. The van der Waals surface area contributed by atoms with Gasteiger partial charge in [-0.1, -0.05) is 17.7 Å². The van der Waals surface area contributed by atoms with E-state index in [0.29, 0.717) is 5.89 Å². The number of aryl methyl sites for hydroxylation is 2. The van der Waals surface area contributed by atoms with Crippen LogP contribution in [0.1, 0.15) is 29.9 Å². The molecule has 1 N–H and O–H groups in total. The Morgan fingerprint density at radius 3 is 2.62 bits per heavy atom. The molecule has 0 radical (unpaired) electrons. The van der Waals surface area contributed by atoms with E-state index in [0.717, 1.165) is 62.9 Å². The standard InChI is InChI=1S/C18H22N2O2.CH4O/c1-13-4-3-5-16(10-13)18-19-17(14(2)22-18)11-20-8-6-15(12-21)7-9-20;1-2/h3-5,10,12,15H,6-9,11H2,1-2H3;2H,1H3. The number of aromatic nitrogens is 1. The van der Waals surface area contributed by atoms with E-state index in [4.69, 9.17) is 9.52 Å². The van der Waals surface area contributed by atoms with Crippen LogP contribution in [0.4, 0.5) is 0 Å². The lowest BCUT2D eigenvalue weighted by atomic mass is 9.98. The Hall–Kier alpha value is -1.98. The first-order valence-corrected chi connectivity index (χ1v) is 8.31. The topological polar surface area (TPSA) is 66.6 Å². The molecule has 0 spiro atoms. The number of carbonyl (C=O) groups is 1. The maximum atomic E-state index is 10.8. The number of aldehydes is 1. The molecule has 1 aromatic carbocycles. The summed E-state index contributed by atoms with van der Waals surface area (Å²) >= 11 is 0. The molecular formula is C19H26N2O3. The number of rotatable bonds is 4. The molecule has 1 fully saturated rings. The van der Waals surface area contributed by atoms with E-state index in [1.165, 1.54) is 5.56 Å². The average molecular weight is 330 g/mol. The lowest BCUT2D eigenvalue weighted by Gasteiger charge is -2.28. The lowest BCUT2D eigenvalue weighted by molar-refractivity contribution is -0.112.